The fourth-order valence-corrected chi connectivity index (χ4v) is 2.18. The predicted molar refractivity (Wildman–Crippen MR) is 85.3 cm³/mol. The lowest BCUT2D eigenvalue weighted by Crippen LogP contribution is -2.19. The minimum atomic E-state index is -0.298. The number of nitrogens with two attached hydrogens (primary N) is 2. The third-order valence-corrected chi connectivity index (χ3v) is 3.49. The molecule has 2 heterocycles. The Bertz CT molecular complexity index is 915. The number of anilines is 2. The highest BCUT2D eigenvalue weighted by atomic mass is 16.5. The molecule has 0 saturated heterocycles. The molecule has 0 aliphatic carbocycles. The van der Waals surface area contributed by atoms with Gasteiger partial charge in [0.15, 0.2) is 17.2 Å². The fourth-order valence-electron chi connectivity index (χ4n) is 2.18. The van der Waals surface area contributed by atoms with Crippen molar-refractivity contribution < 1.29 is 4.52 Å². The highest BCUT2D eigenvalue weighted by Gasteiger charge is 2.17. The average molecular weight is 313 g/mol. The summed E-state index contributed by atoms with van der Waals surface area (Å²) in [6.07, 6.45) is 0. The minimum absolute atomic E-state index is 0.0169. The van der Waals surface area contributed by atoms with E-state index in [0.29, 0.717) is 5.69 Å². The first kappa shape index (κ1) is 14.6. The van der Waals surface area contributed by atoms with Crippen LogP contribution in [0.25, 0.3) is 5.69 Å². The normalized spacial score (nSPS) is 11.4. The summed E-state index contributed by atoms with van der Waals surface area (Å²) in [5.74, 6) is -0.0357. The lowest BCUT2D eigenvalue weighted by Gasteiger charge is -2.07. The van der Waals surface area contributed by atoms with Gasteiger partial charge in [0, 0.05) is 7.05 Å². The van der Waals surface area contributed by atoms with Crippen LogP contribution >= 0.6 is 0 Å². The summed E-state index contributed by atoms with van der Waals surface area (Å²) >= 11 is 0. The van der Waals surface area contributed by atoms with Crippen LogP contribution in [0.2, 0.25) is 0 Å². The summed E-state index contributed by atoms with van der Waals surface area (Å²) < 4.78 is 7.91. The Kier molecular flexibility index (Phi) is 3.45. The Balaban J connectivity index is 2.10. The summed E-state index contributed by atoms with van der Waals surface area (Å²) in [7, 11) is 1.77. The Morgan fingerprint density at radius 2 is 1.78 bits per heavy atom. The van der Waals surface area contributed by atoms with Crippen molar-refractivity contribution in [3.63, 3.8) is 0 Å². The lowest BCUT2D eigenvalue weighted by atomic mass is 10.3. The number of hydrogen-bond donors (Lipinski definition) is 2. The number of nitrogen functional groups attached to an aromatic ring is 2. The molecule has 9 nitrogen and oxygen atoms in total. The molecule has 0 atom stereocenters. The van der Waals surface area contributed by atoms with Crippen LogP contribution < -0.4 is 17.0 Å². The molecule has 0 bridgehead atoms. The Labute approximate surface area is 130 Å². The van der Waals surface area contributed by atoms with E-state index < -0.39 is 0 Å². The van der Waals surface area contributed by atoms with Gasteiger partial charge in [-0.25, -0.2) is 4.68 Å². The standard InChI is InChI=1S/C14H15N7O2/c1-8-10(17-18-11-12(15)19-23-13(11)16)14(22)21(20(8)2)9-6-4-3-5-7-9/h3-7H,16H2,1-2H3,(H2,15,19). The zero-order valence-corrected chi connectivity index (χ0v) is 12.6. The predicted octanol–water partition coefficient (Wildman–Crippen LogP) is 2.05. The van der Waals surface area contributed by atoms with Crippen molar-refractivity contribution in [3.8, 4) is 5.69 Å². The van der Waals surface area contributed by atoms with E-state index in [4.69, 9.17) is 16.0 Å². The molecule has 0 spiro atoms. The van der Waals surface area contributed by atoms with E-state index in [2.05, 4.69) is 15.4 Å². The average Bonchev–Trinajstić information content (AvgIpc) is 2.97. The molecule has 0 amide bonds. The largest absolute Gasteiger partial charge is 0.379 e. The van der Waals surface area contributed by atoms with Crippen LogP contribution in [0.4, 0.5) is 23.1 Å². The second kappa shape index (κ2) is 5.44. The number of para-hydroxylation sites is 1. The van der Waals surface area contributed by atoms with Gasteiger partial charge in [0.05, 0.1) is 11.4 Å². The Morgan fingerprint density at radius 1 is 1.13 bits per heavy atom. The fraction of sp³-hybridized carbons (Fsp3) is 0.143. The molecule has 0 saturated carbocycles. The molecule has 0 radical (unpaired) electrons. The molecule has 3 rings (SSSR count). The molecule has 0 aliphatic heterocycles. The van der Waals surface area contributed by atoms with Gasteiger partial charge in [-0.05, 0) is 19.1 Å². The molecule has 1 aromatic carbocycles. The van der Waals surface area contributed by atoms with E-state index in [1.807, 2.05) is 30.3 Å². The number of azo groups is 1. The number of rotatable bonds is 3. The molecule has 9 heteroatoms. The highest BCUT2D eigenvalue weighted by Crippen LogP contribution is 2.30. The summed E-state index contributed by atoms with van der Waals surface area (Å²) in [6, 6.07) is 9.24. The summed E-state index contributed by atoms with van der Waals surface area (Å²) in [5, 5.41) is 11.4. The monoisotopic (exact) mass is 313 g/mol. The SMILES string of the molecule is Cc1c(N=Nc2c(N)noc2N)c(=O)n(-c2ccccc2)n1C. The number of benzene rings is 1. The van der Waals surface area contributed by atoms with Crippen molar-refractivity contribution in [2.24, 2.45) is 17.3 Å². The van der Waals surface area contributed by atoms with E-state index in [1.54, 1.807) is 18.7 Å². The number of nitrogens with zero attached hydrogens (tertiary/aromatic N) is 5. The van der Waals surface area contributed by atoms with Gasteiger partial charge in [0.25, 0.3) is 11.4 Å². The minimum Gasteiger partial charge on any atom is -0.379 e. The van der Waals surface area contributed by atoms with Gasteiger partial charge >= 0.3 is 0 Å². The Hall–Kier alpha value is -3.36. The van der Waals surface area contributed by atoms with Crippen LogP contribution in [-0.2, 0) is 7.05 Å². The van der Waals surface area contributed by atoms with E-state index in [-0.39, 0.29) is 28.6 Å². The van der Waals surface area contributed by atoms with Crippen LogP contribution in [0.3, 0.4) is 0 Å². The van der Waals surface area contributed by atoms with Gasteiger partial charge < -0.3 is 16.0 Å². The highest BCUT2D eigenvalue weighted by molar-refractivity contribution is 5.68. The topological polar surface area (TPSA) is 130 Å². The van der Waals surface area contributed by atoms with Crippen molar-refractivity contribution in [2.45, 2.75) is 6.92 Å². The molecule has 0 fully saturated rings. The first-order valence-electron chi connectivity index (χ1n) is 6.77. The molecular formula is C14H15N7O2. The lowest BCUT2D eigenvalue weighted by molar-refractivity contribution is 0.440. The van der Waals surface area contributed by atoms with E-state index in [9.17, 15) is 4.79 Å². The van der Waals surface area contributed by atoms with Crippen molar-refractivity contribution in [2.75, 3.05) is 11.5 Å². The van der Waals surface area contributed by atoms with Crippen LogP contribution in [0.5, 0.6) is 0 Å². The molecule has 4 N–H and O–H groups in total. The van der Waals surface area contributed by atoms with E-state index in [1.165, 1.54) is 4.68 Å². The maximum atomic E-state index is 12.6. The second-order valence-electron chi connectivity index (χ2n) is 4.89. The zero-order valence-electron chi connectivity index (χ0n) is 12.6. The molecule has 23 heavy (non-hydrogen) atoms. The van der Waals surface area contributed by atoms with Crippen LogP contribution in [0.15, 0.2) is 49.9 Å². The van der Waals surface area contributed by atoms with Crippen LogP contribution in [0.1, 0.15) is 5.69 Å². The maximum Gasteiger partial charge on any atom is 0.299 e. The summed E-state index contributed by atoms with van der Waals surface area (Å²) in [4.78, 5) is 12.6. The molecule has 2 aromatic heterocycles. The third-order valence-electron chi connectivity index (χ3n) is 3.49. The van der Waals surface area contributed by atoms with Crippen molar-refractivity contribution in [1.82, 2.24) is 14.5 Å². The second-order valence-corrected chi connectivity index (χ2v) is 4.89. The van der Waals surface area contributed by atoms with Gasteiger partial charge in [-0.1, -0.05) is 23.4 Å². The van der Waals surface area contributed by atoms with Crippen LogP contribution in [-0.4, -0.2) is 14.5 Å². The van der Waals surface area contributed by atoms with E-state index in [0.717, 1.165) is 5.69 Å². The van der Waals surface area contributed by atoms with Crippen LogP contribution in [0, 0.1) is 6.92 Å². The van der Waals surface area contributed by atoms with Gasteiger partial charge in [-0.3, -0.25) is 9.48 Å². The zero-order chi connectivity index (χ0) is 16.6. The van der Waals surface area contributed by atoms with Crippen molar-refractivity contribution in [3.05, 3.63) is 46.4 Å². The third kappa shape index (κ3) is 2.37. The van der Waals surface area contributed by atoms with Crippen molar-refractivity contribution in [1.29, 1.82) is 0 Å². The molecule has 3 aromatic rings. The number of aromatic nitrogens is 3. The Morgan fingerprint density at radius 3 is 2.39 bits per heavy atom. The van der Waals surface area contributed by atoms with Gasteiger partial charge in [0.2, 0.25) is 0 Å². The molecule has 118 valence electrons. The first-order valence-corrected chi connectivity index (χ1v) is 6.77. The molecule has 0 aliphatic rings. The number of hydrogen-bond acceptors (Lipinski definition) is 7. The van der Waals surface area contributed by atoms with Gasteiger partial charge in [-0.2, -0.15) is 0 Å². The summed E-state index contributed by atoms with van der Waals surface area (Å²) in [6.45, 7) is 1.77. The van der Waals surface area contributed by atoms with Gasteiger partial charge in [0.1, 0.15) is 0 Å². The molecular weight excluding hydrogens is 298 g/mol. The molecule has 0 unspecified atom stereocenters. The smallest absolute Gasteiger partial charge is 0.299 e. The van der Waals surface area contributed by atoms with E-state index >= 15 is 0 Å². The van der Waals surface area contributed by atoms with Crippen molar-refractivity contribution >= 4 is 23.1 Å². The maximum absolute atomic E-state index is 12.6. The van der Waals surface area contributed by atoms with Gasteiger partial charge in [-0.15, -0.1) is 10.2 Å². The quantitative estimate of drug-likeness (QED) is 0.715. The summed E-state index contributed by atoms with van der Waals surface area (Å²) in [5.41, 5.74) is 12.5. The first-order chi connectivity index (χ1) is 11.0.